The van der Waals surface area contributed by atoms with E-state index in [-0.39, 0.29) is 24.3 Å². The Morgan fingerprint density at radius 3 is 2.89 bits per heavy atom. The summed E-state index contributed by atoms with van der Waals surface area (Å²) >= 11 is 0. The van der Waals surface area contributed by atoms with Crippen LogP contribution in [0.4, 0.5) is 0 Å². The maximum Gasteiger partial charge on any atom is 0.224 e. The minimum Gasteiger partial charge on any atom is -0.379 e. The minimum atomic E-state index is -0.0236. The van der Waals surface area contributed by atoms with Crippen molar-refractivity contribution in [2.24, 2.45) is 5.92 Å². The number of pyridine rings is 1. The summed E-state index contributed by atoms with van der Waals surface area (Å²) in [5.74, 6) is 0.916. The van der Waals surface area contributed by atoms with Crippen molar-refractivity contribution < 1.29 is 14.1 Å². The number of aromatic nitrogens is 2. The van der Waals surface area contributed by atoms with E-state index in [2.05, 4.69) is 27.6 Å². The number of hydrogen-bond acceptors (Lipinski definition) is 5. The van der Waals surface area contributed by atoms with E-state index in [1.165, 1.54) is 5.56 Å². The van der Waals surface area contributed by atoms with Gasteiger partial charge in [0.2, 0.25) is 5.91 Å². The lowest BCUT2D eigenvalue weighted by Crippen LogP contribution is -2.41. The van der Waals surface area contributed by atoms with Gasteiger partial charge in [-0.05, 0) is 38.0 Å². The summed E-state index contributed by atoms with van der Waals surface area (Å²) in [5.41, 5.74) is 3.86. The lowest BCUT2D eigenvalue weighted by atomic mass is 9.93. The summed E-state index contributed by atoms with van der Waals surface area (Å²) < 4.78 is 10.8. The predicted octanol–water partition coefficient (Wildman–Crippen LogP) is 2.76. The first-order valence-electron chi connectivity index (χ1n) is 9.23. The van der Waals surface area contributed by atoms with Crippen molar-refractivity contribution >= 4 is 16.8 Å². The van der Waals surface area contributed by atoms with Gasteiger partial charge in [0.05, 0.1) is 36.9 Å². The highest BCUT2D eigenvalue weighted by molar-refractivity contribution is 5.82. The molecule has 27 heavy (non-hydrogen) atoms. The van der Waals surface area contributed by atoms with Crippen LogP contribution in [0.15, 0.2) is 41.1 Å². The molecule has 0 unspecified atom stereocenters. The largest absolute Gasteiger partial charge is 0.379 e. The van der Waals surface area contributed by atoms with Gasteiger partial charge in [0.1, 0.15) is 5.76 Å². The fourth-order valence-electron chi connectivity index (χ4n) is 3.75. The molecule has 0 saturated carbocycles. The van der Waals surface area contributed by atoms with Crippen LogP contribution in [0.3, 0.4) is 0 Å². The molecule has 1 N–H and O–H groups in total. The van der Waals surface area contributed by atoms with Gasteiger partial charge in [-0.3, -0.25) is 9.78 Å². The summed E-state index contributed by atoms with van der Waals surface area (Å²) in [6.45, 7) is 4.88. The molecular weight excluding hydrogens is 342 g/mol. The van der Waals surface area contributed by atoms with Gasteiger partial charge in [-0.25, -0.2) is 0 Å². The van der Waals surface area contributed by atoms with E-state index in [0.717, 1.165) is 28.6 Å². The van der Waals surface area contributed by atoms with Gasteiger partial charge in [-0.1, -0.05) is 23.4 Å². The molecule has 2 aromatic heterocycles. The lowest BCUT2D eigenvalue weighted by molar-refractivity contribution is -0.121. The van der Waals surface area contributed by atoms with Crippen molar-refractivity contribution in [2.75, 3.05) is 13.2 Å². The number of carbonyl (C=O) groups excluding carboxylic acids is 1. The van der Waals surface area contributed by atoms with E-state index >= 15 is 0 Å². The molecule has 1 aromatic carbocycles. The first-order chi connectivity index (χ1) is 13.1. The van der Waals surface area contributed by atoms with Gasteiger partial charge in [0.15, 0.2) is 0 Å². The number of fused-ring (bicyclic) bond motifs is 1. The zero-order chi connectivity index (χ0) is 18.8. The summed E-state index contributed by atoms with van der Waals surface area (Å²) in [5, 5.41) is 8.22. The molecule has 6 nitrogen and oxygen atoms in total. The average Bonchev–Trinajstić information content (AvgIpc) is 3.23. The quantitative estimate of drug-likeness (QED) is 0.752. The number of aryl methyl sites for hydroxylation is 2. The van der Waals surface area contributed by atoms with Gasteiger partial charge < -0.3 is 14.6 Å². The number of benzene rings is 1. The third-order valence-electron chi connectivity index (χ3n) is 5.28. The van der Waals surface area contributed by atoms with Crippen molar-refractivity contribution in [3.05, 3.63) is 59.1 Å². The highest BCUT2D eigenvalue weighted by Gasteiger charge is 2.30. The molecule has 1 aliphatic rings. The SMILES string of the molecule is Cc1noc(C)c1CC(=O)N[C@H]1COC[C@H]1Cc1ccnc2ccccc12. The highest BCUT2D eigenvalue weighted by atomic mass is 16.5. The highest BCUT2D eigenvalue weighted by Crippen LogP contribution is 2.24. The van der Waals surface area contributed by atoms with Gasteiger partial charge in [0.25, 0.3) is 0 Å². The zero-order valence-corrected chi connectivity index (χ0v) is 15.6. The Balaban J connectivity index is 1.45. The summed E-state index contributed by atoms with van der Waals surface area (Å²) in [4.78, 5) is 17.0. The van der Waals surface area contributed by atoms with Crippen molar-refractivity contribution in [3.63, 3.8) is 0 Å². The first kappa shape index (κ1) is 17.7. The smallest absolute Gasteiger partial charge is 0.224 e. The second-order valence-corrected chi connectivity index (χ2v) is 7.14. The molecule has 3 heterocycles. The van der Waals surface area contributed by atoms with Crippen LogP contribution in [-0.2, 0) is 22.4 Å². The van der Waals surface area contributed by atoms with Gasteiger partial charge in [-0.2, -0.15) is 0 Å². The molecule has 2 atom stereocenters. The van der Waals surface area contributed by atoms with E-state index in [1.54, 1.807) is 0 Å². The Bertz CT molecular complexity index is 941. The molecule has 0 aliphatic carbocycles. The number of ether oxygens (including phenoxy) is 1. The maximum atomic E-state index is 12.5. The second kappa shape index (κ2) is 7.48. The third kappa shape index (κ3) is 3.71. The van der Waals surface area contributed by atoms with Crippen molar-refractivity contribution in [3.8, 4) is 0 Å². The fraction of sp³-hybridized carbons (Fsp3) is 0.381. The predicted molar refractivity (Wildman–Crippen MR) is 101 cm³/mol. The van der Waals surface area contributed by atoms with Crippen LogP contribution in [-0.4, -0.2) is 35.3 Å². The number of para-hydroxylation sites is 1. The third-order valence-corrected chi connectivity index (χ3v) is 5.28. The second-order valence-electron chi connectivity index (χ2n) is 7.14. The maximum absolute atomic E-state index is 12.5. The number of amides is 1. The fourth-order valence-corrected chi connectivity index (χ4v) is 3.75. The molecule has 4 rings (SSSR count). The molecular formula is C21H23N3O3. The molecule has 1 saturated heterocycles. The van der Waals surface area contributed by atoms with E-state index in [9.17, 15) is 4.79 Å². The standard InChI is InChI=1S/C21H23N3O3/c1-13-18(14(2)27-24-13)10-21(25)23-20-12-26-11-16(20)9-15-7-8-22-19-6-4-3-5-17(15)19/h3-8,16,20H,9-12H2,1-2H3,(H,23,25)/t16-,20+/m1/s1. The topological polar surface area (TPSA) is 77.2 Å². The van der Waals surface area contributed by atoms with Crippen molar-refractivity contribution in [1.82, 2.24) is 15.5 Å². The molecule has 0 radical (unpaired) electrons. The van der Waals surface area contributed by atoms with Crippen molar-refractivity contribution in [1.29, 1.82) is 0 Å². The zero-order valence-electron chi connectivity index (χ0n) is 15.6. The Hall–Kier alpha value is -2.73. The van der Waals surface area contributed by atoms with E-state index in [0.29, 0.717) is 19.0 Å². The monoisotopic (exact) mass is 365 g/mol. The Morgan fingerprint density at radius 2 is 2.07 bits per heavy atom. The van der Waals surface area contributed by atoms with Gasteiger partial charge >= 0.3 is 0 Å². The number of nitrogens with zero attached hydrogens (tertiary/aromatic N) is 2. The Kier molecular flexibility index (Phi) is 4.90. The molecule has 1 aliphatic heterocycles. The van der Waals surface area contributed by atoms with Crippen LogP contribution < -0.4 is 5.32 Å². The normalized spacial score (nSPS) is 19.5. The molecule has 0 bridgehead atoms. The van der Waals surface area contributed by atoms with Crippen LogP contribution in [0.25, 0.3) is 10.9 Å². The number of carbonyl (C=O) groups is 1. The van der Waals surface area contributed by atoms with Crippen LogP contribution in [0.5, 0.6) is 0 Å². The first-order valence-corrected chi connectivity index (χ1v) is 9.23. The van der Waals surface area contributed by atoms with Gasteiger partial charge in [-0.15, -0.1) is 0 Å². The van der Waals surface area contributed by atoms with E-state index < -0.39 is 0 Å². The van der Waals surface area contributed by atoms with Crippen LogP contribution >= 0.6 is 0 Å². The van der Waals surface area contributed by atoms with Crippen LogP contribution in [0.2, 0.25) is 0 Å². The van der Waals surface area contributed by atoms with E-state index in [1.807, 2.05) is 38.2 Å². The average molecular weight is 365 g/mol. The number of nitrogens with one attached hydrogen (secondary N) is 1. The molecule has 140 valence electrons. The Labute approximate surface area is 157 Å². The van der Waals surface area contributed by atoms with Crippen LogP contribution in [0.1, 0.15) is 22.6 Å². The molecule has 3 aromatic rings. The van der Waals surface area contributed by atoms with Gasteiger partial charge in [0, 0.05) is 23.1 Å². The Morgan fingerprint density at radius 1 is 1.22 bits per heavy atom. The van der Waals surface area contributed by atoms with Crippen molar-refractivity contribution in [2.45, 2.75) is 32.7 Å². The summed E-state index contributed by atoms with van der Waals surface area (Å²) in [6, 6.07) is 10.2. The molecule has 1 fully saturated rings. The minimum absolute atomic E-state index is 0.00454. The molecule has 1 amide bonds. The van der Waals surface area contributed by atoms with Crippen LogP contribution in [0, 0.1) is 19.8 Å². The number of rotatable bonds is 5. The lowest BCUT2D eigenvalue weighted by Gasteiger charge is -2.20. The summed E-state index contributed by atoms with van der Waals surface area (Å²) in [7, 11) is 0. The molecule has 0 spiro atoms. The summed E-state index contributed by atoms with van der Waals surface area (Å²) in [6.07, 6.45) is 2.97. The van der Waals surface area contributed by atoms with E-state index in [4.69, 9.17) is 9.26 Å². The number of hydrogen-bond donors (Lipinski definition) is 1. The molecule has 6 heteroatoms.